The standard InChI is InChI=1S/C35H37BrN8O3/c1-21(45)32-26-14-24(25-17-37-22(2)38-18-25)9-11-27(26)43(41-32)19-31(46)44-28-15-35(16-29(35)44)20-42(3)13-7-5-4-6-8-23-10-12-30(36)39-33(23)40-34(28)47/h6,8-12,14,17-18,28-29H,4-5,7,13,15-16,19-20H2,1-3H3,(H,39,40,47)/b8-6-/t28-,29+,35-/m0/s1. The third-order valence-electron chi connectivity index (χ3n) is 9.67. The number of carbonyl (C=O) groups is 3. The SMILES string of the molecule is CC(=O)c1nn(CC(=O)N2[C@H]3C[C@]4(C[C@@H]24)CN(C)CCCC/C=C\c2ccc(Br)nc2NC3=O)c2ccc(-c3cnc(C)nc3)cc12. The lowest BCUT2D eigenvalue weighted by atomic mass is 9.98. The first-order valence-electron chi connectivity index (χ1n) is 16.1. The summed E-state index contributed by atoms with van der Waals surface area (Å²) in [6.07, 6.45) is 12.1. The molecule has 7 rings (SSSR count). The van der Waals surface area contributed by atoms with E-state index < -0.39 is 6.04 Å². The van der Waals surface area contributed by atoms with E-state index in [4.69, 9.17) is 0 Å². The van der Waals surface area contributed by atoms with E-state index in [1.807, 2.05) is 43.3 Å². The van der Waals surface area contributed by atoms with Crippen LogP contribution in [0.2, 0.25) is 0 Å². The summed E-state index contributed by atoms with van der Waals surface area (Å²) < 4.78 is 2.21. The van der Waals surface area contributed by atoms with Crippen molar-refractivity contribution >= 4 is 56.3 Å². The Balaban J connectivity index is 1.21. The smallest absolute Gasteiger partial charge is 0.248 e. The minimum absolute atomic E-state index is 0.0433. The van der Waals surface area contributed by atoms with Crippen LogP contribution < -0.4 is 5.32 Å². The number of aryl methyl sites for hydroxylation is 1. The van der Waals surface area contributed by atoms with Gasteiger partial charge in [-0.25, -0.2) is 15.0 Å². The van der Waals surface area contributed by atoms with Crippen molar-refractivity contribution in [2.24, 2.45) is 5.41 Å². The number of anilines is 1. The summed E-state index contributed by atoms with van der Waals surface area (Å²) in [6, 6.07) is 8.78. The minimum atomic E-state index is -0.653. The normalized spacial score (nSPS) is 23.7. The Labute approximate surface area is 281 Å². The number of rotatable bonds is 4. The molecule has 242 valence electrons. The molecule has 1 saturated heterocycles. The van der Waals surface area contributed by atoms with Crippen molar-refractivity contribution in [3.05, 3.63) is 70.5 Å². The van der Waals surface area contributed by atoms with Gasteiger partial charge in [-0.3, -0.25) is 19.1 Å². The topological polar surface area (TPSA) is 126 Å². The summed E-state index contributed by atoms with van der Waals surface area (Å²) in [5, 5.41) is 8.33. The average molecular weight is 698 g/mol. The summed E-state index contributed by atoms with van der Waals surface area (Å²) in [7, 11) is 2.13. The van der Waals surface area contributed by atoms with Crippen LogP contribution in [-0.4, -0.2) is 84.4 Å². The molecule has 1 spiro atoms. The predicted molar refractivity (Wildman–Crippen MR) is 183 cm³/mol. The van der Waals surface area contributed by atoms with Gasteiger partial charge in [-0.1, -0.05) is 18.2 Å². The van der Waals surface area contributed by atoms with Crippen molar-refractivity contribution in [3.63, 3.8) is 0 Å². The third-order valence-corrected chi connectivity index (χ3v) is 10.1. The van der Waals surface area contributed by atoms with E-state index in [2.05, 4.69) is 59.3 Å². The van der Waals surface area contributed by atoms with Gasteiger partial charge in [0.2, 0.25) is 11.8 Å². The maximum absolute atomic E-state index is 14.3. The van der Waals surface area contributed by atoms with Crippen molar-refractivity contribution in [2.75, 3.05) is 25.5 Å². The van der Waals surface area contributed by atoms with Gasteiger partial charge in [0, 0.05) is 53.8 Å². The average Bonchev–Trinajstić information content (AvgIpc) is 3.44. The highest BCUT2D eigenvalue weighted by Gasteiger charge is 2.67. The Hall–Kier alpha value is -4.29. The van der Waals surface area contributed by atoms with Crippen LogP contribution in [0.25, 0.3) is 28.1 Å². The van der Waals surface area contributed by atoms with Gasteiger partial charge in [-0.15, -0.1) is 0 Å². The Kier molecular flexibility index (Phi) is 8.25. The van der Waals surface area contributed by atoms with Gasteiger partial charge in [-0.2, -0.15) is 5.10 Å². The van der Waals surface area contributed by atoms with Gasteiger partial charge >= 0.3 is 0 Å². The number of nitrogens with zero attached hydrogens (tertiary/aromatic N) is 7. The van der Waals surface area contributed by atoms with Crippen LogP contribution in [0.1, 0.15) is 60.9 Å². The number of halogens is 1. The monoisotopic (exact) mass is 696 g/mol. The van der Waals surface area contributed by atoms with Gasteiger partial charge in [0.05, 0.1) is 5.52 Å². The molecule has 3 aromatic heterocycles. The lowest BCUT2D eigenvalue weighted by Crippen LogP contribution is -2.47. The number of hydrogen-bond donors (Lipinski definition) is 1. The van der Waals surface area contributed by atoms with E-state index in [0.717, 1.165) is 55.5 Å². The van der Waals surface area contributed by atoms with Crippen molar-refractivity contribution < 1.29 is 14.4 Å². The molecule has 2 amide bonds. The molecular formula is C35H37BrN8O3. The zero-order valence-electron chi connectivity index (χ0n) is 26.7. The molecule has 11 nitrogen and oxygen atoms in total. The zero-order valence-corrected chi connectivity index (χ0v) is 28.3. The number of piperidine rings is 1. The van der Waals surface area contributed by atoms with E-state index in [1.165, 1.54) is 6.92 Å². The summed E-state index contributed by atoms with van der Waals surface area (Å²) in [5.74, 6) is 0.498. The Morgan fingerprint density at radius 1 is 1.09 bits per heavy atom. The van der Waals surface area contributed by atoms with Crippen LogP contribution in [-0.2, 0) is 16.1 Å². The van der Waals surface area contributed by atoms with E-state index in [1.54, 1.807) is 22.0 Å². The number of aromatic nitrogens is 5. The Bertz CT molecular complexity index is 1920. The van der Waals surface area contributed by atoms with Crippen molar-refractivity contribution in [2.45, 2.75) is 64.6 Å². The lowest BCUT2D eigenvalue weighted by Gasteiger charge is -2.27. The van der Waals surface area contributed by atoms with Crippen LogP contribution in [0.5, 0.6) is 0 Å². The van der Waals surface area contributed by atoms with Crippen molar-refractivity contribution in [3.8, 4) is 11.1 Å². The number of allylic oxidation sites excluding steroid dienone is 1. The van der Waals surface area contributed by atoms with Crippen molar-refractivity contribution in [1.82, 2.24) is 34.5 Å². The first kappa shape index (κ1) is 31.3. The number of amides is 2. The summed E-state index contributed by atoms with van der Waals surface area (Å²) >= 11 is 3.44. The van der Waals surface area contributed by atoms with Gasteiger partial charge < -0.3 is 15.1 Å². The van der Waals surface area contributed by atoms with Crippen molar-refractivity contribution in [1.29, 1.82) is 0 Å². The summed E-state index contributed by atoms with van der Waals surface area (Å²) in [4.78, 5) is 58.3. The molecule has 3 aliphatic rings. The van der Waals surface area contributed by atoms with Crippen LogP contribution in [0, 0.1) is 12.3 Å². The molecule has 1 N–H and O–H groups in total. The maximum atomic E-state index is 14.3. The Morgan fingerprint density at radius 2 is 1.89 bits per heavy atom. The number of fused-ring (bicyclic) bond motifs is 3. The molecular weight excluding hydrogens is 660 g/mol. The molecule has 1 aliphatic carbocycles. The number of carbonyl (C=O) groups excluding carboxylic acids is 3. The number of likely N-dealkylation sites (tertiary alicyclic amines) is 1. The molecule has 12 heteroatoms. The fraction of sp³-hybridized carbons (Fsp3) is 0.400. The molecule has 2 aliphatic heterocycles. The molecule has 4 aromatic rings. The van der Waals surface area contributed by atoms with Gasteiger partial charge in [0.25, 0.3) is 0 Å². The highest BCUT2D eigenvalue weighted by Crippen LogP contribution is 2.60. The van der Waals surface area contributed by atoms with Crippen LogP contribution in [0.3, 0.4) is 0 Å². The molecule has 3 atom stereocenters. The van der Waals surface area contributed by atoms with Crippen LogP contribution in [0.15, 0.2) is 53.4 Å². The van der Waals surface area contributed by atoms with Crippen LogP contribution in [0.4, 0.5) is 5.82 Å². The molecule has 1 saturated carbocycles. The van der Waals surface area contributed by atoms with Gasteiger partial charge in [-0.05, 0) is 98.4 Å². The zero-order chi connectivity index (χ0) is 32.9. The highest BCUT2D eigenvalue weighted by atomic mass is 79.9. The van der Waals surface area contributed by atoms with Gasteiger partial charge in [0.1, 0.15) is 34.5 Å². The number of Topliss-reactive ketones (excluding diaryl/α,β-unsaturated/α-hetero) is 1. The molecule has 5 heterocycles. The second-order valence-electron chi connectivity index (χ2n) is 13.1. The number of benzene rings is 1. The molecule has 2 fully saturated rings. The maximum Gasteiger partial charge on any atom is 0.248 e. The summed E-state index contributed by atoms with van der Waals surface area (Å²) in [5.41, 5.74) is 3.32. The lowest BCUT2D eigenvalue weighted by molar-refractivity contribution is -0.138. The number of nitrogens with one attached hydrogen (secondary N) is 1. The molecule has 47 heavy (non-hydrogen) atoms. The predicted octanol–water partition coefficient (Wildman–Crippen LogP) is 5.29. The molecule has 1 aromatic carbocycles. The molecule has 2 bridgehead atoms. The second-order valence-corrected chi connectivity index (χ2v) is 13.9. The van der Waals surface area contributed by atoms with E-state index in [-0.39, 0.29) is 35.6 Å². The largest absolute Gasteiger partial charge is 0.325 e. The number of ketones is 1. The van der Waals surface area contributed by atoms with E-state index in [0.29, 0.717) is 39.3 Å². The fourth-order valence-corrected chi connectivity index (χ4v) is 7.59. The number of pyridine rings is 1. The Morgan fingerprint density at radius 3 is 2.68 bits per heavy atom. The third kappa shape index (κ3) is 6.12. The number of hydrogen-bond acceptors (Lipinski definition) is 8. The van der Waals surface area contributed by atoms with Gasteiger partial charge in [0.15, 0.2) is 5.78 Å². The summed E-state index contributed by atoms with van der Waals surface area (Å²) in [6.45, 7) is 5.00. The second kappa shape index (κ2) is 12.4. The minimum Gasteiger partial charge on any atom is -0.325 e. The van der Waals surface area contributed by atoms with E-state index >= 15 is 0 Å². The van der Waals surface area contributed by atoms with E-state index in [9.17, 15) is 14.4 Å². The quantitative estimate of drug-likeness (QED) is 0.225. The first-order valence-corrected chi connectivity index (χ1v) is 16.9. The first-order chi connectivity index (χ1) is 22.6. The highest BCUT2D eigenvalue weighted by molar-refractivity contribution is 9.10. The van der Waals surface area contributed by atoms with Crippen LogP contribution >= 0.6 is 15.9 Å². The molecule has 0 unspecified atom stereocenters. The fourth-order valence-electron chi connectivity index (χ4n) is 7.28. The molecule has 0 radical (unpaired) electrons.